The first kappa shape index (κ1) is 20.6. The molecule has 0 fully saturated rings. The third-order valence-corrected chi connectivity index (χ3v) is 6.40. The summed E-state index contributed by atoms with van der Waals surface area (Å²) in [5.74, 6) is 1.77. The van der Waals surface area contributed by atoms with E-state index in [-0.39, 0.29) is 12.4 Å². The van der Waals surface area contributed by atoms with Crippen LogP contribution in [0, 0.1) is 12.7 Å². The normalized spacial score (nSPS) is 11.0. The lowest BCUT2D eigenvalue weighted by atomic mass is 10.1. The third kappa shape index (κ3) is 4.88. The molecule has 8 heteroatoms. The summed E-state index contributed by atoms with van der Waals surface area (Å²) in [5.41, 5.74) is 3.40. The molecule has 2 aromatic heterocycles. The van der Waals surface area contributed by atoms with Crippen LogP contribution in [-0.4, -0.2) is 19.7 Å². The zero-order chi connectivity index (χ0) is 20.9. The fourth-order valence-electron chi connectivity index (χ4n) is 2.95. The van der Waals surface area contributed by atoms with E-state index < -0.39 is 0 Å². The van der Waals surface area contributed by atoms with Crippen LogP contribution in [0.4, 0.5) is 4.39 Å². The van der Waals surface area contributed by atoms with Gasteiger partial charge in [-0.25, -0.2) is 9.37 Å². The Hall–Kier alpha value is -2.71. The lowest BCUT2D eigenvalue weighted by Gasteiger charge is -2.08. The number of hydrogen-bond acceptors (Lipinski definition) is 6. The van der Waals surface area contributed by atoms with E-state index in [1.165, 1.54) is 17.7 Å². The number of thiazole rings is 1. The van der Waals surface area contributed by atoms with Gasteiger partial charge in [0.1, 0.15) is 23.2 Å². The number of thioether (sulfide) groups is 1. The number of aromatic nitrogens is 4. The van der Waals surface area contributed by atoms with Crippen molar-refractivity contribution < 1.29 is 9.13 Å². The summed E-state index contributed by atoms with van der Waals surface area (Å²) in [4.78, 5) is 4.77. The van der Waals surface area contributed by atoms with Crippen molar-refractivity contribution in [3.8, 4) is 16.3 Å². The van der Waals surface area contributed by atoms with Crippen LogP contribution in [0.2, 0.25) is 0 Å². The zero-order valence-electron chi connectivity index (χ0n) is 16.7. The SMILES string of the molecule is CCn1c(COc2ccc(F)cc2)nnc1SCc1csc(-c2cccc(C)c2)n1. The second-order valence-electron chi connectivity index (χ2n) is 6.69. The molecule has 0 spiro atoms. The van der Waals surface area contributed by atoms with Gasteiger partial charge < -0.3 is 9.30 Å². The van der Waals surface area contributed by atoms with Gasteiger partial charge in [-0.05, 0) is 44.2 Å². The average Bonchev–Trinajstić information content (AvgIpc) is 3.38. The molecule has 5 nitrogen and oxygen atoms in total. The Labute approximate surface area is 183 Å². The Bertz CT molecular complexity index is 1120. The zero-order valence-corrected chi connectivity index (χ0v) is 18.3. The molecule has 0 saturated carbocycles. The molecule has 0 unspecified atom stereocenters. The van der Waals surface area contributed by atoms with Gasteiger partial charge in [0.2, 0.25) is 0 Å². The highest BCUT2D eigenvalue weighted by Gasteiger charge is 2.13. The Kier molecular flexibility index (Phi) is 6.44. The van der Waals surface area contributed by atoms with Crippen molar-refractivity contribution in [2.75, 3.05) is 0 Å². The summed E-state index contributed by atoms with van der Waals surface area (Å²) in [5, 5.41) is 12.5. The van der Waals surface area contributed by atoms with Gasteiger partial charge in [-0.15, -0.1) is 21.5 Å². The number of benzene rings is 2. The minimum absolute atomic E-state index is 0.279. The molecular formula is C22H21FN4OS2. The van der Waals surface area contributed by atoms with Gasteiger partial charge in [0, 0.05) is 23.2 Å². The second-order valence-corrected chi connectivity index (χ2v) is 8.49. The first-order valence-corrected chi connectivity index (χ1v) is 11.4. The average molecular weight is 441 g/mol. The predicted octanol–water partition coefficient (Wildman–Crippen LogP) is 5.74. The molecule has 0 bridgehead atoms. The molecule has 0 N–H and O–H groups in total. The molecule has 4 aromatic rings. The van der Waals surface area contributed by atoms with Gasteiger partial charge in [0.05, 0.1) is 5.69 Å². The van der Waals surface area contributed by atoms with Crippen molar-refractivity contribution in [2.24, 2.45) is 0 Å². The maximum absolute atomic E-state index is 13.0. The van der Waals surface area contributed by atoms with E-state index in [9.17, 15) is 4.39 Å². The van der Waals surface area contributed by atoms with Crippen molar-refractivity contribution in [2.45, 2.75) is 37.9 Å². The Morgan fingerprint density at radius 1 is 1.13 bits per heavy atom. The summed E-state index contributed by atoms with van der Waals surface area (Å²) in [7, 11) is 0. The van der Waals surface area contributed by atoms with Gasteiger partial charge in [0.15, 0.2) is 11.0 Å². The van der Waals surface area contributed by atoms with Crippen molar-refractivity contribution in [1.29, 1.82) is 0 Å². The lowest BCUT2D eigenvalue weighted by Crippen LogP contribution is -2.07. The van der Waals surface area contributed by atoms with Gasteiger partial charge in [0.25, 0.3) is 0 Å². The molecule has 154 valence electrons. The summed E-state index contributed by atoms with van der Waals surface area (Å²) < 4.78 is 20.8. The Morgan fingerprint density at radius 2 is 1.97 bits per heavy atom. The lowest BCUT2D eigenvalue weighted by molar-refractivity contribution is 0.288. The summed E-state index contributed by atoms with van der Waals surface area (Å²) in [6.45, 7) is 5.15. The molecule has 0 radical (unpaired) electrons. The van der Waals surface area contributed by atoms with Gasteiger partial charge in [-0.1, -0.05) is 35.5 Å². The van der Waals surface area contributed by atoms with E-state index >= 15 is 0 Å². The first-order valence-electron chi connectivity index (χ1n) is 9.57. The molecule has 0 aliphatic heterocycles. The monoisotopic (exact) mass is 440 g/mol. The third-order valence-electron chi connectivity index (χ3n) is 4.46. The van der Waals surface area contributed by atoms with Crippen LogP contribution in [0.5, 0.6) is 5.75 Å². The van der Waals surface area contributed by atoms with Crippen LogP contribution in [0.15, 0.2) is 59.1 Å². The molecule has 0 amide bonds. The topological polar surface area (TPSA) is 52.8 Å². The highest BCUT2D eigenvalue weighted by molar-refractivity contribution is 7.98. The fourth-order valence-corrected chi connectivity index (χ4v) is 4.79. The quantitative estimate of drug-likeness (QED) is 0.327. The standard InChI is InChI=1S/C22H21FN4OS2/c1-3-27-20(12-28-19-9-7-17(23)8-10-19)25-26-22(27)30-14-18-13-29-21(24-18)16-6-4-5-15(2)11-16/h4-11,13H,3,12,14H2,1-2H3. The van der Waals surface area contributed by atoms with E-state index in [1.54, 1.807) is 35.2 Å². The van der Waals surface area contributed by atoms with E-state index in [4.69, 9.17) is 9.72 Å². The molecule has 4 rings (SSSR count). The summed E-state index contributed by atoms with van der Waals surface area (Å²) in [6.07, 6.45) is 0. The Morgan fingerprint density at radius 3 is 2.73 bits per heavy atom. The van der Waals surface area contributed by atoms with Crippen LogP contribution < -0.4 is 4.74 Å². The van der Waals surface area contributed by atoms with E-state index in [0.29, 0.717) is 5.75 Å². The highest BCUT2D eigenvalue weighted by atomic mass is 32.2. The van der Waals surface area contributed by atoms with E-state index in [0.717, 1.165) is 39.5 Å². The van der Waals surface area contributed by atoms with E-state index in [2.05, 4.69) is 46.8 Å². The predicted molar refractivity (Wildman–Crippen MR) is 118 cm³/mol. The highest BCUT2D eigenvalue weighted by Crippen LogP contribution is 2.28. The van der Waals surface area contributed by atoms with Gasteiger partial charge in [-0.3, -0.25) is 0 Å². The maximum atomic E-state index is 13.0. The largest absolute Gasteiger partial charge is 0.486 e. The minimum Gasteiger partial charge on any atom is -0.486 e. The van der Waals surface area contributed by atoms with Gasteiger partial charge >= 0.3 is 0 Å². The molecule has 2 heterocycles. The fraction of sp³-hybridized carbons (Fsp3) is 0.227. The van der Waals surface area contributed by atoms with Crippen molar-refractivity contribution in [3.05, 3.63) is 76.8 Å². The van der Waals surface area contributed by atoms with Gasteiger partial charge in [-0.2, -0.15) is 0 Å². The second kappa shape index (κ2) is 9.40. The van der Waals surface area contributed by atoms with Crippen LogP contribution in [0.25, 0.3) is 10.6 Å². The van der Waals surface area contributed by atoms with Crippen molar-refractivity contribution >= 4 is 23.1 Å². The van der Waals surface area contributed by atoms with Crippen molar-refractivity contribution in [3.63, 3.8) is 0 Å². The van der Waals surface area contributed by atoms with E-state index in [1.807, 2.05) is 11.5 Å². The first-order chi connectivity index (χ1) is 14.6. The molecule has 30 heavy (non-hydrogen) atoms. The smallest absolute Gasteiger partial charge is 0.191 e. The number of ether oxygens (including phenoxy) is 1. The number of hydrogen-bond donors (Lipinski definition) is 0. The summed E-state index contributed by atoms with van der Waals surface area (Å²) in [6, 6.07) is 14.3. The minimum atomic E-state index is -0.287. The molecule has 2 aromatic carbocycles. The van der Waals surface area contributed by atoms with Crippen LogP contribution in [-0.2, 0) is 18.9 Å². The van der Waals surface area contributed by atoms with Crippen LogP contribution in [0.1, 0.15) is 24.0 Å². The number of halogens is 1. The number of rotatable bonds is 8. The number of aryl methyl sites for hydroxylation is 1. The molecular weight excluding hydrogens is 419 g/mol. The maximum Gasteiger partial charge on any atom is 0.191 e. The van der Waals surface area contributed by atoms with Crippen LogP contribution >= 0.6 is 23.1 Å². The molecule has 0 saturated heterocycles. The number of nitrogens with zero attached hydrogens (tertiary/aromatic N) is 4. The molecule has 0 atom stereocenters. The molecule has 0 aliphatic carbocycles. The summed E-state index contributed by atoms with van der Waals surface area (Å²) >= 11 is 3.26. The van der Waals surface area contributed by atoms with Crippen LogP contribution in [0.3, 0.4) is 0 Å². The van der Waals surface area contributed by atoms with Crippen molar-refractivity contribution in [1.82, 2.24) is 19.7 Å². The molecule has 0 aliphatic rings. The Balaban J connectivity index is 1.40.